The Bertz CT molecular complexity index is 671. The third-order valence-corrected chi connectivity index (χ3v) is 4.13. The van der Waals surface area contributed by atoms with Gasteiger partial charge in [0.15, 0.2) is 0 Å². The second-order valence-corrected chi connectivity index (χ2v) is 6.34. The van der Waals surface area contributed by atoms with Gasteiger partial charge in [0.1, 0.15) is 11.9 Å². The molecule has 1 aliphatic heterocycles. The van der Waals surface area contributed by atoms with Gasteiger partial charge in [0, 0.05) is 6.54 Å². The van der Waals surface area contributed by atoms with Crippen LogP contribution in [-0.4, -0.2) is 42.9 Å². The predicted molar refractivity (Wildman–Crippen MR) is 98.4 cm³/mol. The maximum absolute atomic E-state index is 13.8. The van der Waals surface area contributed by atoms with Crippen LogP contribution in [0.5, 0.6) is 0 Å². The Morgan fingerprint density at radius 2 is 2.00 bits per heavy atom. The molecule has 7 nitrogen and oxygen atoms in total. The number of carbonyl (C=O) groups excluding carboxylic acids is 3. The molecule has 2 rings (SSSR count). The summed E-state index contributed by atoms with van der Waals surface area (Å²) < 4.78 is 13.8. The molecule has 4 N–H and O–H groups in total. The van der Waals surface area contributed by atoms with E-state index in [0.717, 1.165) is 0 Å². The van der Waals surface area contributed by atoms with Crippen LogP contribution in [0.3, 0.4) is 0 Å². The smallest absolute Gasteiger partial charge is 0.249 e. The highest BCUT2D eigenvalue weighted by Gasteiger charge is 2.34. The van der Waals surface area contributed by atoms with E-state index < -0.39 is 29.7 Å². The second kappa shape index (κ2) is 9.49. The van der Waals surface area contributed by atoms with Gasteiger partial charge in [0.25, 0.3) is 0 Å². The molecule has 2 atom stereocenters. The lowest BCUT2D eigenvalue weighted by atomic mass is 10.1. The number of hydrogen-bond donors (Lipinski definition) is 3. The average Bonchev–Trinajstić information content (AvgIpc) is 2.93. The third kappa shape index (κ3) is 5.15. The highest BCUT2D eigenvalue weighted by Crippen LogP contribution is 2.24. The van der Waals surface area contributed by atoms with Crippen LogP contribution in [0.2, 0.25) is 0 Å². The molecule has 1 aliphatic rings. The number of anilines is 1. The zero-order chi connectivity index (χ0) is 18.6. The fourth-order valence-electron chi connectivity index (χ4n) is 2.56. The lowest BCUT2D eigenvalue weighted by Gasteiger charge is -2.18. The summed E-state index contributed by atoms with van der Waals surface area (Å²) >= 11 is 0. The number of amides is 3. The molecule has 0 spiro atoms. The number of nitrogens with one attached hydrogen (secondary N) is 2. The summed E-state index contributed by atoms with van der Waals surface area (Å²) in [4.78, 5) is 37.4. The minimum atomic E-state index is -0.734. The summed E-state index contributed by atoms with van der Waals surface area (Å²) in [5.41, 5.74) is 5.88. The van der Waals surface area contributed by atoms with Crippen molar-refractivity contribution in [2.24, 2.45) is 11.7 Å². The fraction of sp³-hybridized carbons (Fsp3) is 0.471. The molecule has 0 bridgehead atoms. The van der Waals surface area contributed by atoms with E-state index >= 15 is 0 Å². The molecule has 0 aromatic heterocycles. The molecule has 0 radical (unpaired) electrons. The predicted octanol–water partition coefficient (Wildman–Crippen LogP) is 0.569. The first kappa shape index (κ1) is 21.9. The van der Waals surface area contributed by atoms with E-state index in [2.05, 4.69) is 10.6 Å². The van der Waals surface area contributed by atoms with Gasteiger partial charge in [-0.25, -0.2) is 4.39 Å². The van der Waals surface area contributed by atoms with Crippen molar-refractivity contribution in [3.63, 3.8) is 0 Å². The Labute approximate surface area is 157 Å². The number of nitrogens with two attached hydrogens (primary N) is 1. The maximum Gasteiger partial charge on any atom is 0.249 e. The van der Waals surface area contributed by atoms with Gasteiger partial charge in [-0.15, -0.1) is 12.4 Å². The van der Waals surface area contributed by atoms with Crippen LogP contribution >= 0.6 is 12.4 Å². The Kier molecular flexibility index (Phi) is 7.98. The van der Waals surface area contributed by atoms with Crippen LogP contribution in [0.4, 0.5) is 10.1 Å². The van der Waals surface area contributed by atoms with Crippen LogP contribution in [0.25, 0.3) is 0 Å². The van der Waals surface area contributed by atoms with Gasteiger partial charge in [0.05, 0.1) is 18.3 Å². The molecule has 1 aromatic carbocycles. The molecule has 0 aliphatic carbocycles. The number of carbonyl (C=O) groups is 3. The van der Waals surface area contributed by atoms with Crippen LogP contribution in [-0.2, 0) is 14.4 Å². The van der Waals surface area contributed by atoms with Gasteiger partial charge >= 0.3 is 0 Å². The number of halogens is 2. The molecule has 1 fully saturated rings. The van der Waals surface area contributed by atoms with Crippen LogP contribution in [0.1, 0.15) is 20.3 Å². The molecule has 1 heterocycles. The average molecular weight is 387 g/mol. The van der Waals surface area contributed by atoms with Gasteiger partial charge in [-0.2, -0.15) is 0 Å². The van der Waals surface area contributed by atoms with Gasteiger partial charge in [-0.3, -0.25) is 14.4 Å². The number of rotatable bonds is 6. The molecule has 144 valence electrons. The molecule has 1 unspecified atom stereocenters. The van der Waals surface area contributed by atoms with Gasteiger partial charge in [0.2, 0.25) is 17.7 Å². The normalized spacial score (nSPS) is 17.7. The van der Waals surface area contributed by atoms with Gasteiger partial charge in [-0.05, 0) is 24.5 Å². The molecule has 0 saturated carbocycles. The van der Waals surface area contributed by atoms with Crippen molar-refractivity contribution in [2.75, 3.05) is 18.0 Å². The van der Waals surface area contributed by atoms with Crippen LogP contribution in [0, 0.1) is 11.7 Å². The minimum Gasteiger partial charge on any atom is -0.346 e. The highest BCUT2D eigenvalue weighted by molar-refractivity contribution is 6.01. The summed E-state index contributed by atoms with van der Waals surface area (Å²) in [5, 5.41) is 5.01. The van der Waals surface area contributed by atoms with E-state index in [0.29, 0.717) is 13.0 Å². The third-order valence-electron chi connectivity index (χ3n) is 4.13. The van der Waals surface area contributed by atoms with Crippen molar-refractivity contribution < 1.29 is 18.8 Å². The summed E-state index contributed by atoms with van der Waals surface area (Å²) in [7, 11) is 0. The van der Waals surface area contributed by atoms with E-state index in [4.69, 9.17) is 5.73 Å². The van der Waals surface area contributed by atoms with E-state index in [1.54, 1.807) is 26.0 Å². The van der Waals surface area contributed by atoms with E-state index in [9.17, 15) is 18.8 Å². The van der Waals surface area contributed by atoms with Gasteiger partial charge < -0.3 is 21.3 Å². The van der Waals surface area contributed by atoms with E-state index in [-0.39, 0.29) is 36.5 Å². The molecule has 26 heavy (non-hydrogen) atoms. The van der Waals surface area contributed by atoms with Crippen molar-refractivity contribution in [3.05, 3.63) is 30.1 Å². The molecular formula is C17H24ClFN4O3. The Balaban J connectivity index is 0.00000338. The van der Waals surface area contributed by atoms with Crippen molar-refractivity contribution in [3.8, 4) is 0 Å². The van der Waals surface area contributed by atoms with Crippen molar-refractivity contribution >= 4 is 35.8 Å². The zero-order valence-electron chi connectivity index (χ0n) is 14.7. The van der Waals surface area contributed by atoms with Gasteiger partial charge in [-0.1, -0.05) is 26.0 Å². The molecular weight excluding hydrogens is 363 g/mol. The molecule has 3 amide bonds. The number of benzene rings is 1. The first-order chi connectivity index (χ1) is 11.8. The SMILES string of the molecule is CC(C)[C@H](N)C(=O)NCC(=O)NC1CCN(c2ccccc2F)C1=O.Cl. The number of hydrogen-bond acceptors (Lipinski definition) is 4. The zero-order valence-corrected chi connectivity index (χ0v) is 15.5. The summed E-state index contributed by atoms with van der Waals surface area (Å²) in [6, 6.07) is 4.56. The first-order valence-electron chi connectivity index (χ1n) is 8.19. The lowest BCUT2D eigenvalue weighted by Crippen LogP contribution is -2.49. The summed E-state index contributed by atoms with van der Waals surface area (Å²) in [5.74, 6) is -1.82. The number of nitrogens with zero attached hydrogens (tertiary/aromatic N) is 1. The second-order valence-electron chi connectivity index (χ2n) is 6.34. The van der Waals surface area contributed by atoms with Crippen LogP contribution < -0.4 is 21.3 Å². The Hall–Kier alpha value is -2.19. The quantitative estimate of drug-likeness (QED) is 0.664. The molecule has 9 heteroatoms. The first-order valence-corrected chi connectivity index (χ1v) is 8.19. The van der Waals surface area contributed by atoms with Crippen LogP contribution in [0.15, 0.2) is 24.3 Å². The lowest BCUT2D eigenvalue weighted by molar-refractivity contribution is -0.128. The Morgan fingerprint density at radius 3 is 2.62 bits per heavy atom. The fourth-order valence-corrected chi connectivity index (χ4v) is 2.56. The number of para-hydroxylation sites is 1. The summed E-state index contributed by atoms with van der Waals surface area (Å²) in [6.45, 7) is 3.66. The Morgan fingerprint density at radius 1 is 1.35 bits per heavy atom. The molecule has 1 aromatic rings. The van der Waals surface area contributed by atoms with E-state index in [1.165, 1.54) is 17.0 Å². The topological polar surface area (TPSA) is 105 Å². The molecule has 1 saturated heterocycles. The largest absolute Gasteiger partial charge is 0.346 e. The minimum absolute atomic E-state index is 0. The van der Waals surface area contributed by atoms with Crippen molar-refractivity contribution in [2.45, 2.75) is 32.4 Å². The van der Waals surface area contributed by atoms with Crippen molar-refractivity contribution in [1.82, 2.24) is 10.6 Å². The van der Waals surface area contributed by atoms with E-state index in [1.807, 2.05) is 0 Å². The maximum atomic E-state index is 13.8. The standard InChI is InChI=1S/C17H23FN4O3.ClH/c1-10(2)15(19)16(24)20-9-14(23)21-12-7-8-22(17(12)25)13-6-4-3-5-11(13)18;/h3-6,10,12,15H,7-9,19H2,1-2H3,(H,20,24)(H,21,23);1H/t12?,15-;/m0./s1. The highest BCUT2D eigenvalue weighted by atomic mass is 35.5. The summed E-state index contributed by atoms with van der Waals surface area (Å²) in [6.07, 6.45) is 0.373. The van der Waals surface area contributed by atoms with Crippen molar-refractivity contribution in [1.29, 1.82) is 0 Å². The monoisotopic (exact) mass is 386 g/mol.